The fraction of sp³-hybridized carbons (Fsp3) is 0.571. The van der Waals surface area contributed by atoms with Crippen molar-refractivity contribution in [2.24, 2.45) is 0 Å². The van der Waals surface area contributed by atoms with Crippen LogP contribution in [0.4, 0.5) is 4.39 Å². The van der Waals surface area contributed by atoms with E-state index in [9.17, 15) is 14.0 Å². The Morgan fingerprint density at radius 2 is 1.75 bits per heavy atom. The molecular weight excluding hydrogens is 383 g/mol. The third kappa shape index (κ3) is 3.79. The van der Waals surface area contributed by atoms with Crippen LogP contribution in [-0.2, 0) is 4.74 Å². The quantitative estimate of drug-likeness (QED) is 0.520. The van der Waals surface area contributed by atoms with E-state index in [1.165, 1.54) is 0 Å². The highest BCUT2D eigenvalue weighted by Gasteiger charge is 2.26. The van der Waals surface area contributed by atoms with Gasteiger partial charge in [0, 0.05) is 12.2 Å². The maximum absolute atomic E-state index is 14.0. The van der Waals surface area contributed by atoms with Crippen LogP contribution >= 0.6 is 11.6 Å². The van der Waals surface area contributed by atoms with E-state index in [-0.39, 0.29) is 28.2 Å². The van der Waals surface area contributed by atoms with Crippen molar-refractivity contribution in [3.63, 3.8) is 0 Å². The van der Waals surface area contributed by atoms with Crippen LogP contribution in [0.5, 0.6) is 0 Å². The van der Waals surface area contributed by atoms with E-state index in [1.807, 2.05) is 4.57 Å². The number of carbonyl (C=O) groups excluding carboxylic acids is 1. The van der Waals surface area contributed by atoms with Gasteiger partial charge in [-0.15, -0.1) is 0 Å². The highest BCUT2D eigenvalue weighted by molar-refractivity contribution is 6.29. The van der Waals surface area contributed by atoms with E-state index in [0.717, 1.165) is 70.3 Å². The molecule has 28 heavy (non-hydrogen) atoms. The van der Waals surface area contributed by atoms with E-state index in [4.69, 9.17) is 16.3 Å². The third-order valence-corrected chi connectivity index (χ3v) is 6.19. The van der Waals surface area contributed by atoms with Gasteiger partial charge in [0.1, 0.15) is 17.3 Å². The number of nitrogens with zero attached hydrogens (tertiary/aromatic N) is 2. The minimum Gasteiger partial charge on any atom is -0.459 e. The molecule has 2 heterocycles. The summed E-state index contributed by atoms with van der Waals surface area (Å²) in [4.78, 5) is 29.9. The van der Waals surface area contributed by atoms with E-state index >= 15 is 0 Å². The van der Waals surface area contributed by atoms with Gasteiger partial charge in [-0.05, 0) is 44.6 Å². The Morgan fingerprint density at radius 3 is 2.43 bits per heavy atom. The number of hydrogen-bond acceptors (Lipinski definition) is 4. The number of hydrogen-bond donors (Lipinski definition) is 0. The Labute approximate surface area is 167 Å². The van der Waals surface area contributed by atoms with Crippen molar-refractivity contribution in [3.8, 4) is 0 Å². The van der Waals surface area contributed by atoms with Crippen LogP contribution in [-0.4, -0.2) is 21.6 Å². The zero-order valence-electron chi connectivity index (χ0n) is 15.8. The van der Waals surface area contributed by atoms with Crippen LogP contribution in [0.3, 0.4) is 0 Å². The molecule has 2 aliphatic rings. The second kappa shape index (κ2) is 8.19. The predicted octanol–water partition coefficient (Wildman–Crippen LogP) is 5.18. The summed E-state index contributed by atoms with van der Waals surface area (Å²) in [5, 5.41) is -0.195. The Bertz CT molecular complexity index is 947. The van der Waals surface area contributed by atoms with Crippen LogP contribution in [0, 0.1) is 5.82 Å². The van der Waals surface area contributed by atoms with Crippen molar-refractivity contribution >= 4 is 28.6 Å². The Balaban J connectivity index is 1.79. The first-order chi connectivity index (χ1) is 13.5. The average Bonchev–Trinajstić information content (AvgIpc) is 2.71. The van der Waals surface area contributed by atoms with Gasteiger partial charge in [0.2, 0.25) is 5.43 Å². The molecule has 0 aliphatic heterocycles. The minimum absolute atomic E-state index is 0.0489. The lowest BCUT2D eigenvalue weighted by molar-refractivity contribution is 0.0209. The van der Waals surface area contributed by atoms with Crippen molar-refractivity contribution in [2.45, 2.75) is 76.4 Å². The molecule has 7 heteroatoms. The molecule has 2 aliphatic carbocycles. The van der Waals surface area contributed by atoms with Crippen molar-refractivity contribution in [1.82, 2.24) is 9.55 Å². The van der Waals surface area contributed by atoms with Gasteiger partial charge in [0.25, 0.3) is 0 Å². The van der Waals surface area contributed by atoms with Gasteiger partial charge in [-0.1, -0.05) is 37.3 Å². The highest BCUT2D eigenvalue weighted by Crippen LogP contribution is 2.31. The van der Waals surface area contributed by atoms with Crippen LogP contribution in [0.25, 0.3) is 11.0 Å². The van der Waals surface area contributed by atoms with E-state index < -0.39 is 17.2 Å². The van der Waals surface area contributed by atoms with E-state index in [2.05, 4.69) is 4.98 Å². The Kier molecular flexibility index (Phi) is 5.67. The SMILES string of the molecule is O=C(OC1CCCCC1)c1cn(C2CCCCC2)c2nc(Cl)c(F)cc2c1=O. The van der Waals surface area contributed by atoms with Crippen molar-refractivity contribution in [3.05, 3.63) is 39.0 Å². The minimum atomic E-state index is -0.765. The fourth-order valence-electron chi connectivity index (χ4n) is 4.41. The van der Waals surface area contributed by atoms with Crippen LogP contribution in [0.15, 0.2) is 17.1 Å². The predicted molar refractivity (Wildman–Crippen MR) is 105 cm³/mol. The van der Waals surface area contributed by atoms with Gasteiger partial charge in [0.05, 0.1) is 5.39 Å². The number of rotatable bonds is 3. The van der Waals surface area contributed by atoms with Crippen molar-refractivity contribution < 1.29 is 13.9 Å². The summed E-state index contributed by atoms with van der Waals surface area (Å²) in [5.74, 6) is -1.39. The molecular formula is C21H24ClFN2O3. The number of esters is 1. The van der Waals surface area contributed by atoms with Crippen LogP contribution in [0.2, 0.25) is 5.15 Å². The molecule has 2 fully saturated rings. The van der Waals surface area contributed by atoms with E-state index in [1.54, 1.807) is 6.20 Å². The summed E-state index contributed by atoms with van der Waals surface area (Å²) in [7, 11) is 0. The standard InChI is InChI=1S/C21H24ClFN2O3/c22-19-17(23)11-15-18(26)16(21(27)28-14-9-5-2-6-10-14)12-25(20(15)24-19)13-7-3-1-4-8-13/h11-14H,1-10H2. The van der Waals surface area contributed by atoms with Crippen LogP contribution in [0.1, 0.15) is 80.6 Å². The topological polar surface area (TPSA) is 61.2 Å². The largest absolute Gasteiger partial charge is 0.459 e. The first-order valence-electron chi connectivity index (χ1n) is 10.2. The Hall–Kier alpha value is -1.95. The third-order valence-electron chi connectivity index (χ3n) is 5.93. The molecule has 5 nitrogen and oxygen atoms in total. The maximum Gasteiger partial charge on any atom is 0.343 e. The molecule has 0 aromatic carbocycles. The molecule has 0 bridgehead atoms. The van der Waals surface area contributed by atoms with E-state index in [0.29, 0.717) is 5.65 Å². The summed E-state index contributed by atoms with van der Waals surface area (Å²) in [6, 6.07) is 1.19. The van der Waals surface area contributed by atoms with Gasteiger partial charge in [0.15, 0.2) is 11.0 Å². The van der Waals surface area contributed by atoms with Gasteiger partial charge in [-0.25, -0.2) is 14.2 Å². The average molecular weight is 407 g/mol. The summed E-state index contributed by atoms with van der Waals surface area (Å²) in [6.45, 7) is 0. The van der Waals surface area contributed by atoms with Crippen molar-refractivity contribution in [1.29, 1.82) is 0 Å². The number of aromatic nitrogens is 2. The van der Waals surface area contributed by atoms with Crippen LogP contribution < -0.4 is 5.43 Å². The zero-order valence-corrected chi connectivity index (χ0v) is 16.5. The monoisotopic (exact) mass is 406 g/mol. The van der Waals surface area contributed by atoms with Gasteiger partial charge in [-0.3, -0.25) is 4.79 Å². The summed E-state index contributed by atoms with van der Waals surface area (Å²) in [6.07, 6.45) is 11.4. The fourth-order valence-corrected chi connectivity index (χ4v) is 4.54. The molecule has 4 rings (SSSR count). The lowest BCUT2D eigenvalue weighted by Gasteiger charge is -2.26. The number of carbonyl (C=O) groups is 1. The lowest BCUT2D eigenvalue weighted by atomic mass is 9.95. The van der Waals surface area contributed by atoms with Gasteiger partial charge in [-0.2, -0.15) is 0 Å². The van der Waals surface area contributed by atoms with Crippen molar-refractivity contribution in [2.75, 3.05) is 0 Å². The van der Waals surface area contributed by atoms with Gasteiger partial charge < -0.3 is 9.30 Å². The molecule has 2 aromatic heterocycles. The zero-order chi connectivity index (χ0) is 19.7. The Morgan fingerprint density at radius 1 is 1.11 bits per heavy atom. The molecule has 2 aromatic rings. The molecule has 0 atom stereocenters. The number of halogens is 2. The molecule has 0 radical (unpaired) electrons. The molecule has 0 saturated heterocycles. The second-order valence-electron chi connectivity index (χ2n) is 7.87. The first-order valence-corrected chi connectivity index (χ1v) is 10.5. The number of pyridine rings is 2. The normalized spacial score (nSPS) is 19.1. The summed E-state index contributed by atoms with van der Waals surface area (Å²) < 4.78 is 21.5. The summed E-state index contributed by atoms with van der Waals surface area (Å²) in [5.41, 5.74) is -0.268. The molecule has 0 unspecified atom stereocenters. The number of fused-ring (bicyclic) bond motifs is 1. The molecule has 0 N–H and O–H groups in total. The molecule has 2 saturated carbocycles. The highest BCUT2D eigenvalue weighted by atomic mass is 35.5. The first kappa shape index (κ1) is 19.4. The molecule has 0 amide bonds. The second-order valence-corrected chi connectivity index (χ2v) is 8.23. The smallest absolute Gasteiger partial charge is 0.343 e. The maximum atomic E-state index is 14.0. The number of ether oxygens (including phenoxy) is 1. The molecule has 0 spiro atoms. The molecule has 150 valence electrons. The summed E-state index contributed by atoms with van der Waals surface area (Å²) >= 11 is 5.89. The lowest BCUT2D eigenvalue weighted by Crippen LogP contribution is -2.27. The van der Waals surface area contributed by atoms with Gasteiger partial charge >= 0.3 is 5.97 Å².